The molecule has 26 heavy (non-hydrogen) atoms. The van der Waals surface area contributed by atoms with Crippen LogP contribution in [-0.2, 0) is 11.3 Å². The molecule has 0 unspecified atom stereocenters. The molecule has 1 aromatic rings. The van der Waals surface area contributed by atoms with Crippen LogP contribution in [0.5, 0.6) is 5.75 Å². The second kappa shape index (κ2) is 11.2. The maximum atomic E-state index is 12.5. The Kier molecular flexibility index (Phi) is 9.32. The van der Waals surface area contributed by atoms with Gasteiger partial charge in [0.05, 0.1) is 6.54 Å². The van der Waals surface area contributed by atoms with E-state index in [9.17, 15) is 18.0 Å². The van der Waals surface area contributed by atoms with Crippen molar-refractivity contribution in [2.24, 2.45) is 4.99 Å². The predicted octanol–water partition coefficient (Wildman–Crippen LogP) is 2.56. The Hall–Kier alpha value is -2.45. The van der Waals surface area contributed by atoms with Gasteiger partial charge in [-0.3, -0.25) is 4.79 Å². The minimum Gasteiger partial charge on any atom is -0.405 e. The molecule has 0 saturated heterocycles. The van der Waals surface area contributed by atoms with Gasteiger partial charge in [-0.2, -0.15) is 0 Å². The zero-order valence-corrected chi connectivity index (χ0v) is 14.9. The number of nitrogens with zero attached hydrogens (tertiary/aromatic N) is 1. The second-order valence-corrected chi connectivity index (χ2v) is 5.38. The molecule has 9 heteroatoms. The zero-order valence-electron chi connectivity index (χ0n) is 14.9. The van der Waals surface area contributed by atoms with E-state index >= 15 is 0 Å². The van der Waals surface area contributed by atoms with Gasteiger partial charge >= 0.3 is 6.36 Å². The molecule has 0 aromatic heterocycles. The largest absolute Gasteiger partial charge is 0.573 e. The fourth-order valence-electron chi connectivity index (χ4n) is 2.01. The van der Waals surface area contributed by atoms with E-state index in [4.69, 9.17) is 0 Å². The Bertz CT molecular complexity index is 592. The molecule has 1 amide bonds. The summed E-state index contributed by atoms with van der Waals surface area (Å²) in [6, 6.07) is 5.85. The molecule has 0 aliphatic carbocycles. The fraction of sp³-hybridized carbons (Fsp3) is 0.529. The van der Waals surface area contributed by atoms with Gasteiger partial charge < -0.3 is 20.7 Å². The van der Waals surface area contributed by atoms with Crippen LogP contribution in [0.2, 0.25) is 0 Å². The molecule has 0 aliphatic heterocycles. The van der Waals surface area contributed by atoms with Crippen LogP contribution in [0.3, 0.4) is 0 Å². The Labute approximate surface area is 151 Å². The van der Waals surface area contributed by atoms with Crippen molar-refractivity contribution in [2.45, 2.75) is 39.6 Å². The molecule has 0 fully saturated rings. The van der Waals surface area contributed by atoms with Crippen LogP contribution >= 0.6 is 0 Å². The third kappa shape index (κ3) is 9.14. The topological polar surface area (TPSA) is 74.8 Å². The number of benzene rings is 1. The first-order valence-electron chi connectivity index (χ1n) is 8.48. The van der Waals surface area contributed by atoms with Gasteiger partial charge in [-0.15, -0.1) is 13.2 Å². The smallest absolute Gasteiger partial charge is 0.405 e. The number of alkyl halides is 3. The summed E-state index contributed by atoms with van der Waals surface area (Å²) >= 11 is 0. The van der Waals surface area contributed by atoms with Crippen LogP contribution in [0.25, 0.3) is 0 Å². The third-order valence-electron chi connectivity index (χ3n) is 3.17. The van der Waals surface area contributed by atoms with Crippen LogP contribution < -0.4 is 20.7 Å². The summed E-state index contributed by atoms with van der Waals surface area (Å²) in [6.07, 6.45) is -3.62. The number of para-hydroxylation sites is 1. The number of carbonyl (C=O) groups is 1. The van der Waals surface area contributed by atoms with Crippen molar-refractivity contribution in [3.63, 3.8) is 0 Å². The summed E-state index contributed by atoms with van der Waals surface area (Å²) in [5.74, 6) is 0.0651. The first kappa shape index (κ1) is 21.6. The lowest BCUT2D eigenvalue weighted by atomic mass is 10.2. The number of amides is 1. The molecule has 0 aliphatic rings. The molecule has 6 nitrogen and oxygen atoms in total. The van der Waals surface area contributed by atoms with Gasteiger partial charge in [0.15, 0.2) is 5.96 Å². The summed E-state index contributed by atoms with van der Waals surface area (Å²) in [5.41, 5.74) is 0.308. The number of hydrogen-bond acceptors (Lipinski definition) is 3. The van der Waals surface area contributed by atoms with E-state index in [1.54, 1.807) is 6.07 Å². The maximum absolute atomic E-state index is 12.5. The average molecular weight is 374 g/mol. The Morgan fingerprint density at radius 2 is 1.85 bits per heavy atom. The lowest BCUT2D eigenvalue weighted by molar-refractivity contribution is -0.274. The van der Waals surface area contributed by atoms with Crippen LogP contribution in [0.15, 0.2) is 29.3 Å². The van der Waals surface area contributed by atoms with Gasteiger partial charge in [-0.1, -0.05) is 25.1 Å². The quantitative estimate of drug-likeness (QED) is 0.459. The van der Waals surface area contributed by atoms with Crippen molar-refractivity contribution in [1.82, 2.24) is 16.0 Å². The van der Waals surface area contributed by atoms with Crippen molar-refractivity contribution in [1.29, 1.82) is 0 Å². The van der Waals surface area contributed by atoms with E-state index < -0.39 is 6.36 Å². The monoisotopic (exact) mass is 374 g/mol. The summed E-state index contributed by atoms with van der Waals surface area (Å²) in [7, 11) is 0. The van der Waals surface area contributed by atoms with E-state index in [0.29, 0.717) is 31.2 Å². The number of nitrogens with one attached hydrogen (secondary N) is 3. The first-order valence-corrected chi connectivity index (χ1v) is 8.48. The second-order valence-electron chi connectivity index (χ2n) is 5.38. The van der Waals surface area contributed by atoms with E-state index in [1.807, 2.05) is 13.8 Å². The summed E-state index contributed by atoms with van der Waals surface area (Å²) in [6.45, 7) is 5.41. The number of ether oxygens (including phenoxy) is 1. The molecular weight excluding hydrogens is 349 g/mol. The SMILES string of the molecule is CCCNC(=O)CCNC(=NCc1ccccc1OC(F)(F)F)NCC. The summed E-state index contributed by atoms with van der Waals surface area (Å²) in [4.78, 5) is 15.8. The highest BCUT2D eigenvalue weighted by Crippen LogP contribution is 2.26. The molecule has 3 N–H and O–H groups in total. The van der Waals surface area contributed by atoms with E-state index in [-0.39, 0.29) is 24.6 Å². The lowest BCUT2D eigenvalue weighted by Gasteiger charge is -2.14. The number of guanidine groups is 1. The number of rotatable bonds is 9. The molecule has 0 bridgehead atoms. The van der Waals surface area contributed by atoms with Crippen LogP contribution in [0.4, 0.5) is 13.2 Å². The van der Waals surface area contributed by atoms with Crippen molar-refractivity contribution in [3.05, 3.63) is 29.8 Å². The van der Waals surface area contributed by atoms with Crippen molar-refractivity contribution < 1.29 is 22.7 Å². The van der Waals surface area contributed by atoms with Gasteiger partial charge in [0.1, 0.15) is 5.75 Å². The minimum absolute atomic E-state index is 0.00359. The van der Waals surface area contributed by atoms with E-state index in [1.165, 1.54) is 18.2 Å². The highest BCUT2D eigenvalue weighted by molar-refractivity contribution is 5.81. The Morgan fingerprint density at radius 1 is 1.12 bits per heavy atom. The van der Waals surface area contributed by atoms with Crippen LogP contribution in [0.1, 0.15) is 32.3 Å². The van der Waals surface area contributed by atoms with Crippen molar-refractivity contribution >= 4 is 11.9 Å². The molecule has 1 aromatic carbocycles. The van der Waals surface area contributed by atoms with Crippen molar-refractivity contribution in [3.8, 4) is 5.75 Å². The third-order valence-corrected chi connectivity index (χ3v) is 3.17. The number of hydrogen-bond donors (Lipinski definition) is 3. The van der Waals surface area contributed by atoms with Crippen molar-refractivity contribution in [2.75, 3.05) is 19.6 Å². The fourth-order valence-corrected chi connectivity index (χ4v) is 2.01. The minimum atomic E-state index is -4.76. The standard InChI is InChI=1S/C17H25F3N4O2/c1-3-10-22-15(25)9-11-23-16(21-4-2)24-12-13-7-5-6-8-14(13)26-17(18,19)20/h5-8H,3-4,9-12H2,1-2H3,(H,22,25)(H2,21,23,24). The predicted molar refractivity (Wildman–Crippen MR) is 93.9 cm³/mol. The molecular formula is C17H25F3N4O2. The molecule has 0 saturated carbocycles. The summed E-state index contributed by atoms with van der Waals surface area (Å²) in [5, 5.41) is 8.73. The maximum Gasteiger partial charge on any atom is 0.573 e. The number of carbonyl (C=O) groups excluding carboxylic acids is 1. The Balaban J connectivity index is 2.65. The molecule has 1 rings (SSSR count). The highest BCUT2D eigenvalue weighted by Gasteiger charge is 2.31. The van der Waals surface area contributed by atoms with Crippen LogP contribution in [-0.4, -0.2) is 37.9 Å². The van der Waals surface area contributed by atoms with Gasteiger partial charge in [-0.25, -0.2) is 4.99 Å². The first-order chi connectivity index (χ1) is 12.4. The van der Waals surface area contributed by atoms with Gasteiger partial charge in [-0.05, 0) is 19.4 Å². The Morgan fingerprint density at radius 3 is 2.50 bits per heavy atom. The van der Waals surface area contributed by atoms with Crippen LogP contribution in [0, 0.1) is 0 Å². The number of aliphatic imine (C=N–C) groups is 1. The molecule has 0 heterocycles. The van der Waals surface area contributed by atoms with E-state index in [0.717, 1.165) is 6.42 Å². The van der Waals surface area contributed by atoms with Gasteiger partial charge in [0, 0.05) is 31.6 Å². The average Bonchev–Trinajstić information content (AvgIpc) is 2.57. The normalized spacial score (nSPS) is 11.8. The molecule has 0 spiro atoms. The van der Waals surface area contributed by atoms with E-state index in [2.05, 4.69) is 25.7 Å². The zero-order chi connectivity index (χ0) is 19.4. The van der Waals surface area contributed by atoms with Gasteiger partial charge in [0.25, 0.3) is 0 Å². The molecule has 0 radical (unpaired) electrons. The molecule has 0 atom stereocenters. The highest BCUT2D eigenvalue weighted by atomic mass is 19.4. The lowest BCUT2D eigenvalue weighted by Crippen LogP contribution is -2.39. The molecule has 146 valence electrons. The van der Waals surface area contributed by atoms with Gasteiger partial charge in [0.2, 0.25) is 5.91 Å². The summed E-state index contributed by atoms with van der Waals surface area (Å²) < 4.78 is 41.4. The number of halogens is 3.